The fourth-order valence-electron chi connectivity index (χ4n) is 1.24. The van der Waals surface area contributed by atoms with Crippen molar-refractivity contribution in [1.82, 2.24) is 15.2 Å². The lowest BCUT2D eigenvalue weighted by Crippen LogP contribution is -1.80. The number of aromatic nitrogens is 3. The molecule has 0 aliphatic carbocycles. The third-order valence-corrected chi connectivity index (χ3v) is 3.32. The Kier molecular flexibility index (Phi) is 3.85. The molecule has 5 heteroatoms. The van der Waals surface area contributed by atoms with Crippen molar-refractivity contribution in [2.24, 2.45) is 0 Å². The van der Waals surface area contributed by atoms with Crippen LogP contribution in [0.5, 0.6) is 0 Å². The van der Waals surface area contributed by atoms with Crippen molar-refractivity contribution in [2.75, 3.05) is 5.75 Å². The molecular formula is C11H12ClN3S. The molecule has 0 fully saturated rings. The second-order valence-electron chi connectivity index (χ2n) is 3.32. The normalized spacial score (nSPS) is 10.6. The molecule has 84 valence electrons. The average Bonchev–Trinajstić information content (AvgIpc) is 2.76. The number of nitrogens with one attached hydrogen (secondary N) is 1. The van der Waals surface area contributed by atoms with Crippen LogP contribution < -0.4 is 0 Å². The Morgan fingerprint density at radius 2 is 2.06 bits per heavy atom. The average molecular weight is 254 g/mol. The topological polar surface area (TPSA) is 41.6 Å². The molecule has 16 heavy (non-hydrogen) atoms. The van der Waals surface area contributed by atoms with E-state index in [2.05, 4.69) is 22.1 Å². The van der Waals surface area contributed by atoms with E-state index in [1.165, 1.54) is 0 Å². The minimum Gasteiger partial charge on any atom is -0.258 e. The van der Waals surface area contributed by atoms with Crippen molar-refractivity contribution >= 4 is 23.4 Å². The summed E-state index contributed by atoms with van der Waals surface area (Å²) in [4.78, 5) is 4.40. The van der Waals surface area contributed by atoms with Crippen LogP contribution >= 0.6 is 23.4 Å². The standard InChI is InChI=1S/C11H12ClN3S/c1-2-7-16-11-13-10(14-15-11)8-3-5-9(12)6-4-8/h3-6H,2,7H2,1H3,(H,13,14,15). The van der Waals surface area contributed by atoms with Gasteiger partial charge in [0.2, 0.25) is 5.16 Å². The van der Waals surface area contributed by atoms with Crippen molar-refractivity contribution in [3.63, 3.8) is 0 Å². The first-order valence-electron chi connectivity index (χ1n) is 5.10. The Labute approximate surface area is 104 Å². The summed E-state index contributed by atoms with van der Waals surface area (Å²) in [5.41, 5.74) is 1.00. The minimum absolute atomic E-state index is 0.726. The number of H-pyrrole nitrogens is 1. The molecule has 1 aromatic carbocycles. The molecule has 1 N–H and O–H groups in total. The summed E-state index contributed by atoms with van der Waals surface area (Å²) in [6.45, 7) is 2.14. The molecule has 0 atom stereocenters. The van der Waals surface area contributed by atoms with Crippen LogP contribution in [0.2, 0.25) is 5.02 Å². The molecule has 2 rings (SSSR count). The molecule has 2 aromatic rings. The summed E-state index contributed by atoms with van der Waals surface area (Å²) in [6.07, 6.45) is 1.12. The summed E-state index contributed by atoms with van der Waals surface area (Å²) in [7, 11) is 0. The largest absolute Gasteiger partial charge is 0.258 e. The van der Waals surface area contributed by atoms with Gasteiger partial charge in [-0.05, 0) is 30.7 Å². The van der Waals surface area contributed by atoms with Crippen LogP contribution in [0.25, 0.3) is 11.4 Å². The van der Waals surface area contributed by atoms with Crippen molar-refractivity contribution in [2.45, 2.75) is 18.5 Å². The molecule has 1 heterocycles. The van der Waals surface area contributed by atoms with Crippen molar-refractivity contribution in [1.29, 1.82) is 0 Å². The van der Waals surface area contributed by atoms with E-state index in [0.29, 0.717) is 0 Å². The van der Waals surface area contributed by atoms with Crippen molar-refractivity contribution < 1.29 is 0 Å². The van der Waals surface area contributed by atoms with Gasteiger partial charge in [-0.2, -0.15) is 0 Å². The number of rotatable bonds is 4. The van der Waals surface area contributed by atoms with Gasteiger partial charge in [-0.3, -0.25) is 5.10 Å². The van der Waals surface area contributed by atoms with E-state index in [1.807, 2.05) is 24.3 Å². The second kappa shape index (κ2) is 5.37. The zero-order valence-corrected chi connectivity index (χ0v) is 10.5. The number of aromatic amines is 1. The van der Waals surface area contributed by atoms with Gasteiger partial charge in [-0.1, -0.05) is 30.3 Å². The number of hydrogen-bond donors (Lipinski definition) is 1. The van der Waals surface area contributed by atoms with E-state index in [9.17, 15) is 0 Å². The van der Waals surface area contributed by atoms with Gasteiger partial charge in [0, 0.05) is 16.3 Å². The molecule has 0 spiro atoms. The maximum absolute atomic E-state index is 5.82. The highest BCUT2D eigenvalue weighted by molar-refractivity contribution is 7.99. The molecule has 0 saturated carbocycles. The first kappa shape index (κ1) is 11.5. The first-order chi connectivity index (χ1) is 7.79. The fourth-order valence-corrected chi connectivity index (χ4v) is 2.02. The van der Waals surface area contributed by atoms with Gasteiger partial charge in [0.15, 0.2) is 5.82 Å². The quantitative estimate of drug-likeness (QED) is 0.846. The number of thioether (sulfide) groups is 1. The molecule has 0 aliphatic rings. The highest BCUT2D eigenvalue weighted by Gasteiger charge is 2.05. The predicted octanol–water partition coefficient (Wildman–Crippen LogP) is 3.63. The summed E-state index contributed by atoms with van der Waals surface area (Å²) in [6, 6.07) is 7.55. The SMILES string of the molecule is CCCSc1n[nH]c(-c2ccc(Cl)cc2)n1. The van der Waals surface area contributed by atoms with Crippen LogP contribution in [0.1, 0.15) is 13.3 Å². The Balaban J connectivity index is 2.15. The van der Waals surface area contributed by atoms with E-state index in [1.54, 1.807) is 11.8 Å². The van der Waals surface area contributed by atoms with Crippen LogP contribution in [-0.4, -0.2) is 20.9 Å². The molecule has 0 unspecified atom stereocenters. The van der Waals surface area contributed by atoms with Gasteiger partial charge in [-0.25, -0.2) is 4.98 Å². The molecule has 0 aliphatic heterocycles. The summed E-state index contributed by atoms with van der Waals surface area (Å²) < 4.78 is 0. The highest BCUT2D eigenvalue weighted by atomic mass is 35.5. The second-order valence-corrected chi connectivity index (χ2v) is 4.82. The smallest absolute Gasteiger partial charge is 0.208 e. The molecular weight excluding hydrogens is 242 g/mol. The number of halogens is 1. The number of benzene rings is 1. The lowest BCUT2D eigenvalue weighted by atomic mass is 10.2. The van der Waals surface area contributed by atoms with Crippen LogP contribution in [0.3, 0.4) is 0 Å². The monoisotopic (exact) mass is 253 g/mol. The van der Waals surface area contributed by atoms with Gasteiger partial charge < -0.3 is 0 Å². The van der Waals surface area contributed by atoms with E-state index < -0.39 is 0 Å². The summed E-state index contributed by atoms with van der Waals surface area (Å²) >= 11 is 7.48. The van der Waals surface area contributed by atoms with Crippen LogP contribution in [0.4, 0.5) is 0 Å². The summed E-state index contributed by atoms with van der Waals surface area (Å²) in [5.74, 6) is 1.83. The van der Waals surface area contributed by atoms with Crippen molar-refractivity contribution in [3.05, 3.63) is 29.3 Å². The first-order valence-corrected chi connectivity index (χ1v) is 6.47. The van der Waals surface area contributed by atoms with Crippen LogP contribution in [0.15, 0.2) is 29.4 Å². The number of hydrogen-bond acceptors (Lipinski definition) is 3. The van der Waals surface area contributed by atoms with E-state index in [4.69, 9.17) is 11.6 Å². The Morgan fingerprint density at radius 1 is 1.31 bits per heavy atom. The van der Waals surface area contributed by atoms with Gasteiger partial charge in [0.05, 0.1) is 0 Å². The third kappa shape index (κ3) is 2.77. The van der Waals surface area contributed by atoms with Gasteiger partial charge in [0.25, 0.3) is 0 Å². The Bertz CT molecular complexity index is 453. The maximum Gasteiger partial charge on any atom is 0.208 e. The molecule has 0 radical (unpaired) electrons. The molecule has 1 aromatic heterocycles. The van der Waals surface area contributed by atoms with Crippen molar-refractivity contribution in [3.8, 4) is 11.4 Å². The lowest BCUT2D eigenvalue weighted by Gasteiger charge is -1.95. The number of nitrogens with zero attached hydrogens (tertiary/aromatic N) is 2. The van der Waals surface area contributed by atoms with E-state index in [0.717, 1.165) is 33.7 Å². The zero-order chi connectivity index (χ0) is 11.4. The fraction of sp³-hybridized carbons (Fsp3) is 0.273. The van der Waals surface area contributed by atoms with Gasteiger partial charge in [0.1, 0.15) is 0 Å². The third-order valence-electron chi connectivity index (χ3n) is 2.02. The molecule has 0 amide bonds. The van der Waals surface area contributed by atoms with E-state index >= 15 is 0 Å². The maximum atomic E-state index is 5.82. The van der Waals surface area contributed by atoms with E-state index in [-0.39, 0.29) is 0 Å². The van der Waals surface area contributed by atoms with Gasteiger partial charge in [-0.15, -0.1) is 5.10 Å². The highest BCUT2D eigenvalue weighted by Crippen LogP contribution is 2.21. The minimum atomic E-state index is 0.726. The predicted molar refractivity (Wildman–Crippen MR) is 67.8 cm³/mol. The molecule has 0 saturated heterocycles. The lowest BCUT2D eigenvalue weighted by molar-refractivity contribution is 0.968. The van der Waals surface area contributed by atoms with Crippen LogP contribution in [-0.2, 0) is 0 Å². The van der Waals surface area contributed by atoms with Gasteiger partial charge >= 0.3 is 0 Å². The Hall–Kier alpha value is -1.00. The molecule has 3 nitrogen and oxygen atoms in total. The summed E-state index contributed by atoms with van der Waals surface area (Å²) in [5, 5.41) is 8.60. The Morgan fingerprint density at radius 3 is 2.75 bits per heavy atom. The van der Waals surface area contributed by atoms with Crippen LogP contribution in [0, 0.1) is 0 Å². The molecule has 0 bridgehead atoms. The zero-order valence-electron chi connectivity index (χ0n) is 8.90.